The normalized spacial score (nSPS) is 35.1. The number of fused-ring (bicyclic) bond motifs is 3. The van der Waals surface area contributed by atoms with Crippen molar-refractivity contribution >= 4 is 28.5 Å². The zero-order chi connectivity index (χ0) is 19.0. The highest BCUT2D eigenvalue weighted by atomic mass is 35.5. The SMILES string of the molecule is CC[C@]12CCCN3CCc4c(n(c5ccccc45)[C@@](O)(C(=O)OC)[C@H]1Cl)[C@@H]32. The van der Waals surface area contributed by atoms with Crippen LogP contribution in [0.15, 0.2) is 24.3 Å². The van der Waals surface area contributed by atoms with Crippen LogP contribution < -0.4 is 0 Å². The van der Waals surface area contributed by atoms with E-state index >= 15 is 0 Å². The zero-order valence-corrected chi connectivity index (χ0v) is 16.5. The van der Waals surface area contributed by atoms with E-state index in [-0.39, 0.29) is 11.5 Å². The maximum atomic E-state index is 13.0. The summed E-state index contributed by atoms with van der Waals surface area (Å²) >= 11 is 7.06. The topological polar surface area (TPSA) is 54.7 Å². The number of hydrogen-bond donors (Lipinski definition) is 1. The van der Waals surface area contributed by atoms with Crippen LogP contribution in [0.25, 0.3) is 10.9 Å². The summed E-state index contributed by atoms with van der Waals surface area (Å²) in [6.07, 6.45) is 3.66. The van der Waals surface area contributed by atoms with Gasteiger partial charge in [0.1, 0.15) is 5.38 Å². The molecule has 1 fully saturated rings. The second-order valence-corrected chi connectivity index (χ2v) is 8.61. The van der Waals surface area contributed by atoms with Crippen molar-refractivity contribution in [1.29, 1.82) is 0 Å². The predicted octanol–water partition coefficient (Wildman–Crippen LogP) is 3.17. The molecule has 4 heterocycles. The second-order valence-electron chi connectivity index (χ2n) is 8.18. The van der Waals surface area contributed by atoms with E-state index in [1.165, 1.54) is 12.7 Å². The van der Waals surface area contributed by atoms with E-state index in [1.807, 2.05) is 18.2 Å². The number of aromatic nitrogens is 1. The largest absolute Gasteiger partial charge is 0.465 e. The zero-order valence-electron chi connectivity index (χ0n) is 15.7. The Kier molecular flexibility index (Phi) is 3.72. The van der Waals surface area contributed by atoms with Gasteiger partial charge in [0.25, 0.3) is 5.72 Å². The third-order valence-corrected chi connectivity index (χ3v) is 8.01. The number of hydrogen-bond acceptors (Lipinski definition) is 4. The van der Waals surface area contributed by atoms with Crippen LogP contribution in [0.1, 0.15) is 43.5 Å². The first-order chi connectivity index (χ1) is 13.0. The molecule has 6 heteroatoms. The van der Waals surface area contributed by atoms with Crippen LogP contribution in [-0.4, -0.2) is 46.1 Å². The van der Waals surface area contributed by atoms with Crippen LogP contribution >= 0.6 is 11.6 Å². The fourth-order valence-corrected chi connectivity index (χ4v) is 6.67. The number of carbonyl (C=O) groups is 1. The molecule has 5 nitrogen and oxygen atoms in total. The molecule has 27 heavy (non-hydrogen) atoms. The van der Waals surface area contributed by atoms with E-state index in [1.54, 1.807) is 4.57 Å². The lowest BCUT2D eigenvalue weighted by atomic mass is 9.61. The van der Waals surface area contributed by atoms with E-state index in [9.17, 15) is 9.90 Å². The summed E-state index contributed by atoms with van der Waals surface area (Å²) in [6, 6.07) is 8.14. The van der Waals surface area contributed by atoms with Crippen LogP contribution in [0.3, 0.4) is 0 Å². The van der Waals surface area contributed by atoms with Crippen molar-refractivity contribution in [3.63, 3.8) is 0 Å². The van der Waals surface area contributed by atoms with Gasteiger partial charge in [0.2, 0.25) is 0 Å². The van der Waals surface area contributed by atoms with Gasteiger partial charge < -0.3 is 14.4 Å². The number of piperidine rings is 1. The number of carbonyl (C=O) groups excluding carboxylic acids is 1. The van der Waals surface area contributed by atoms with Gasteiger partial charge in [0.05, 0.1) is 18.7 Å². The first kappa shape index (κ1) is 17.5. The third-order valence-electron chi connectivity index (χ3n) is 7.27. The number of para-hydroxylation sites is 1. The first-order valence-corrected chi connectivity index (χ1v) is 10.3. The number of halogens is 1. The molecule has 0 unspecified atom stereocenters. The van der Waals surface area contributed by atoms with Crippen LogP contribution in [0.5, 0.6) is 0 Å². The summed E-state index contributed by atoms with van der Waals surface area (Å²) in [4.78, 5) is 15.5. The highest BCUT2D eigenvalue weighted by Gasteiger charge is 2.66. The molecule has 1 aromatic carbocycles. The molecule has 2 aromatic rings. The quantitative estimate of drug-likeness (QED) is 0.634. The summed E-state index contributed by atoms with van der Waals surface area (Å²) in [6.45, 7) is 4.16. The molecule has 1 N–H and O–H groups in total. The molecule has 0 amide bonds. The van der Waals surface area contributed by atoms with Gasteiger partial charge in [0.15, 0.2) is 0 Å². The first-order valence-electron chi connectivity index (χ1n) is 9.82. The Balaban J connectivity index is 1.93. The Bertz CT molecular complexity index is 941. The van der Waals surface area contributed by atoms with E-state index in [0.29, 0.717) is 0 Å². The number of ether oxygens (including phenoxy) is 1. The minimum absolute atomic E-state index is 0.125. The lowest BCUT2D eigenvalue weighted by Gasteiger charge is -2.60. The fraction of sp³-hybridized carbons (Fsp3) is 0.571. The Morgan fingerprint density at radius 1 is 1.37 bits per heavy atom. The summed E-state index contributed by atoms with van der Waals surface area (Å²) in [5.74, 6) is -0.681. The predicted molar refractivity (Wildman–Crippen MR) is 104 cm³/mol. The van der Waals surface area contributed by atoms with Crippen molar-refractivity contribution in [3.8, 4) is 0 Å². The van der Waals surface area contributed by atoms with Gasteiger partial charge in [-0.15, -0.1) is 11.6 Å². The van der Waals surface area contributed by atoms with Crippen molar-refractivity contribution in [3.05, 3.63) is 35.5 Å². The Morgan fingerprint density at radius 2 is 2.15 bits per heavy atom. The molecule has 5 rings (SSSR count). The second kappa shape index (κ2) is 5.72. The maximum Gasteiger partial charge on any atom is 0.361 e. The van der Waals surface area contributed by atoms with Crippen LogP contribution in [0, 0.1) is 5.41 Å². The van der Waals surface area contributed by atoms with Crippen LogP contribution in [-0.2, 0) is 21.7 Å². The summed E-state index contributed by atoms with van der Waals surface area (Å²) < 4.78 is 6.89. The van der Waals surface area contributed by atoms with Gasteiger partial charge in [0, 0.05) is 23.0 Å². The number of methoxy groups -OCH3 is 1. The average Bonchev–Trinajstić information content (AvgIpc) is 3.06. The van der Waals surface area contributed by atoms with Gasteiger partial charge in [-0.2, -0.15) is 0 Å². The van der Waals surface area contributed by atoms with Crippen molar-refractivity contribution in [2.24, 2.45) is 5.41 Å². The van der Waals surface area contributed by atoms with Crippen molar-refractivity contribution in [1.82, 2.24) is 9.47 Å². The van der Waals surface area contributed by atoms with E-state index in [2.05, 4.69) is 17.9 Å². The van der Waals surface area contributed by atoms with Crippen LogP contribution in [0.2, 0.25) is 0 Å². The molecular weight excluding hydrogens is 364 g/mol. The summed E-state index contributed by atoms with van der Waals surface area (Å²) in [7, 11) is 1.32. The minimum atomic E-state index is -1.91. The molecule has 3 aliphatic rings. The van der Waals surface area contributed by atoms with E-state index in [4.69, 9.17) is 16.3 Å². The monoisotopic (exact) mass is 388 g/mol. The lowest BCUT2D eigenvalue weighted by Crippen LogP contribution is -2.66. The average molecular weight is 389 g/mol. The van der Waals surface area contributed by atoms with E-state index in [0.717, 1.165) is 55.4 Å². The third kappa shape index (κ3) is 1.90. The van der Waals surface area contributed by atoms with Crippen molar-refractivity contribution in [2.75, 3.05) is 20.2 Å². The van der Waals surface area contributed by atoms with Gasteiger partial charge >= 0.3 is 5.97 Å². The van der Waals surface area contributed by atoms with Gasteiger partial charge in [-0.25, -0.2) is 4.79 Å². The van der Waals surface area contributed by atoms with E-state index < -0.39 is 17.1 Å². The molecular formula is C21H25ClN2O3. The number of nitrogens with zero attached hydrogens (tertiary/aromatic N) is 2. The molecule has 144 valence electrons. The number of rotatable bonds is 2. The Morgan fingerprint density at radius 3 is 2.89 bits per heavy atom. The Hall–Kier alpha value is -1.56. The molecule has 0 aliphatic carbocycles. The maximum absolute atomic E-state index is 13.0. The molecule has 1 saturated heterocycles. The van der Waals surface area contributed by atoms with Crippen molar-refractivity contribution < 1.29 is 14.6 Å². The molecule has 0 radical (unpaired) electrons. The molecule has 0 saturated carbocycles. The molecule has 4 atom stereocenters. The highest BCUT2D eigenvalue weighted by molar-refractivity contribution is 6.23. The summed E-state index contributed by atoms with van der Waals surface area (Å²) in [5, 5.41) is 12.2. The number of benzene rings is 1. The number of alkyl halides is 1. The molecule has 3 aliphatic heterocycles. The van der Waals surface area contributed by atoms with Crippen molar-refractivity contribution in [2.45, 2.75) is 49.8 Å². The fourth-order valence-electron chi connectivity index (χ4n) is 6.10. The highest BCUT2D eigenvalue weighted by Crippen LogP contribution is 2.62. The lowest BCUT2D eigenvalue weighted by molar-refractivity contribution is -0.191. The minimum Gasteiger partial charge on any atom is -0.465 e. The van der Waals surface area contributed by atoms with Gasteiger partial charge in [-0.1, -0.05) is 25.1 Å². The standard InChI is InChI=1S/C21H25ClN2O3/c1-3-20-10-6-11-23-12-9-14-13-7-4-5-8-15(13)24(16(14)17(20)23)21(26,18(20)22)19(25)27-2/h4-5,7-8,17-18,26H,3,6,9-12H2,1-2H3/t17-,18+,20-,21+/m1/s1. The summed E-state index contributed by atoms with van der Waals surface area (Å²) in [5.41, 5.74) is 0.906. The molecule has 1 aromatic heterocycles. The van der Waals surface area contributed by atoms with Gasteiger partial charge in [-0.05, 0) is 43.9 Å². The molecule has 0 spiro atoms. The number of esters is 1. The molecule has 0 bridgehead atoms. The van der Waals surface area contributed by atoms with Crippen LogP contribution in [0.4, 0.5) is 0 Å². The number of aliphatic hydroxyl groups is 1. The Labute approximate surface area is 163 Å². The van der Waals surface area contributed by atoms with Gasteiger partial charge in [-0.3, -0.25) is 4.90 Å². The smallest absolute Gasteiger partial charge is 0.361 e.